The van der Waals surface area contributed by atoms with Gasteiger partial charge in [-0.3, -0.25) is 19.7 Å². The molecule has 8 heteroatoms. The Hall–Kier alpha value is -1.96. The third-order valence-electron chi connectivity index (χ3n) is 3.80. The fourth-order valence-corrected chi connectivity index (χ4v) is 2.42. The lowest BCUT2D eigenvalue weighted by Gasteiger charge is -2.26. The van der Waals surface area contributed by atoms with Gasteiger partial charge in [0.05, 0.1) is 10.3 Å². The molecule has 0 saturated heterocycles. The Bertz CT molecular complexity index is 599. The van der Waals surface area contributed by atoms with Gasteiger partial charge in [0.1, 0.15) is 5.56 Å². The number of carbonyl (C=O) groups excluding carboxylic acids is 1. The van der Waals surface area contributed by atoms with Crippen molar-refractivity contribution >= 4 is 33.5 Å². The van der Waals surface area contributed by atoms with Crippen molar-refractivity contribution in [3.05, 3.63) is 38.3 Å². The molecule has 0 atom stereocenters. The Morgan fingerprint density at radius 2 is 1.95 bits per heavy atom. The van der Waals surface area contributed by atoms with Crippen LogP contribution in [0.1, 0.15) is 37.0 Å². The predicted molar refractivity (Wildman–Crippen MR) is 83.8 cm³/mol. The first-order valence-corrected chi connectivity index (χ1v) is 7.52. The molecule has 120 valence electrons. The number of halogens is 1. The number of carboxylic acids is 1. The van der Waals surface area contributed by atoms with Crippen molar-refractivity contribution in [3.8, 4) is 0 Å². The van der Waals surface area contributed by atoms with E-state index >= 15 is 0 Å². The van der Waals surface area contributed by atoms with Gasteiger partial charge in [-0.15, -0.1) is 0 Å². The maximum atomic E-state index is 12.2. The minimum atomic E-state index is -1.07. The molecule has 2 N–H and O–H groups in total. The van der Waals surface area contributed by atoms with Gasteiger partial charge in [-0.1, -0.05) is 29.8 Å². The van der Waals surface area contributed by atoms with Crippen molar-refractivity contribution in [2.75, 3.05) is 6.54 Å². The Labute approximate surface area is 136 Å². The molecule has 1 aromatic rings. The van der Waals surface area contributed by atoms with E-state index in [9.17, 15) is 24.8 Å². The number of hydrogen-bond acceptors (Lipinski definition) is 4. The van der Waals surface area contributed by atoms with Crippen LogP contribution in [-0.2, 0) is 4.79 Å². The summed E-state index contributed by atoms with van der Waals surface area (Å²) in [5, 5.41) is 22.8. The number of nitrogens with zero attached hydrogens (tertiary/aromatic N) is 1. The molecule has 0 unspecified atom stereocenters. The van der Waals surface area contributed by atoms with E-state index in [2.05, 4.69) is 21.2 Å². The van der Waals surface area contributed by atoms with Gasteiger partial charge in [-0.05, 0) is 25.0 Å². The SMILES string of the molecule is CCC(CC)(CNC(=O)c1ccc(Br)cc1[N+](=O)[O-])C(=O)O. The van der Waals surface area contributed by atoms with Gasteiger partial charge in [-0.25, -0.2) is 0 Å². The largest absolute Gasteiger partial charge is 0.481 e. The van der Waals surface area contributed by atoms with E-state index < -0.39 is 22.2 Å². The summed E-state index contributed by atoms with van der Waals surface area (Å²) in [6.45, 7) is 3.37. The number of nitro groups is 1. The Morgan fingerprint density at radius 1 is 1.36 bits per heavy atom. The lowest BCUT2D eigenvalue weighted by Crippen LogP contribution is -2.42. The third kappa shape index (κ3) is 3.82. The van der Waals surface area contributed by atoms with Crippen LogP contribution in [-0.4, -0.2) is 28.5 Å². The molecule has 0 bridgehead atoms. The zero-order valence-electron chi connectivity index (χ0n) is 12.3. The highest BCUT2D eigenvalue weighted by Gasteiger charge is 2.35. The first kappa shape index (κ1) is 18.1. The Balaban J connectivity index is 2.99. The Morgan fingerprint density at radius 3 is 2.41 bits per heavy atom. The van der Waals surface area contributed by atoms with Gasteiger partial charge in [0.25, 0.3) is 11.6 Å². The van der Waals surface area contributed by atoms with Crippen molar-refractivity contribution in [2.45, 2.75) is 26.7 Å². The zero-order valence-corrected chi connectivity index (χ0v) is 13.8. The zero-order chi connectivity index (χ0) is 16.9. The molecule has 1 aromatic carbocycles. The van der Waals surface area contributed by atoms with E-state index in [1.54, 1.807) is 13.8 Å². The fraction of sp³-hybridized carbons (Fsp3) is 0.429. The number of carboxylic acid groups (broad SMARTS) is 1. The van der Waals surface area contributed by atoms with Gasteiger partial charge < -0.3 is 10.4 Å². The van der Waals surface area contributed by atoms with E-state index in [-0.39, 0.29) is 17.8 Å². The Kier molecular flexibility index (Phi) is 6.04. The first-order chi connectivity index (χ1) is 10.3. The summed E-state index contributed by atoms with van der Waals surface area (Å²) in [7, 11) is 0. The molecular weight excluding hydrogens is 356 g/mol. The number of amides is 1. The van der Waals surface area contributed by atoms with Crippen molar-refractivity contribution in [2.24, 2.45) is 5.41 Å². The number of aliphatic carboxylic acids is 1. The highest BCUT2D eigenvalue weighted by molar-refractivity contribution is 9.10. The average molecular weight is 373 g/mol. The van der Waals surface area contributed by atoms with Crippen LogP contribution in [0.25, 0.3) is 0 Å². The molecule has 0 radical (unpaired) electrons. The molecule has 1 rings (SSSR count). The minimum Gasteiger partial charge on any atom is -0.481 e. The molecule has 0 spiro atoms. The maximum Gasteiger partial charge on any atom is 0.311 e. The number of nitrogens with one attached hydrogen (secondary N) is 1. The standard InChI is InChI=1S/C14H17BrN2O5/c1-3-14(4-2,13(19)20)8-16-12(18)10-6-5-9(15)7-11(10)17(21)22/h5-7H,3-4,8H2,1-2H3,(H,16,18)(H,19,20). The lowest BCUT2D eigenvalue weighted by atomic mass is 9.82. The number of nitro benzene ring substituents is 1. The van der Waals surface area contributed by atoms with E-state index in [1.165, 1.54) is 18.2 Å². The molecule has 0 fully saturated rings. The van der Waals surface area contributed by atoms with Crippen LogP contribution < -0.4 is 5.32 Å². The summed E-state index contributed by atoms with van der Waals surface area (Å²) >= 11 is 3.11. The molecular formula is C14H17BrN2O5. The van der Waals surface area contributed by atoms with Gasteiger partial charge in [0.2, 0.25) is 0 Å². The lowest BCUT2D eigenvalue weighted by molar-refractivity contribution is -0.385. The first-order valence-electron chi connectivity index (χ1n) is 6.73. The summed E-state index contributed by atoms with van der Waals surface area (Å²) in [4.78, 5) is 33.9. The smallest absolute Gasteiger partial charge is 0.311 e. The summed E-state index contributed by atoms with van der Waals surface area (Å²) in [6, 6.07) is 4.09. The van der Waals surface area contributed by atoms with Crippen LogP contribution in [0.4, 0.5) is 5.69 Å². The van der Waals surface area contributed by atoms with Crippen LogP contribution in [0.5, 0.6) is 0 Å². The molecule has 1 amide bonds. The summed E-state index contributed by atoms with van der Waals surface area (Å²) in [5.41, 5.74) is -1.50. The topological polar surface area (TPSA) is 110 Å². The molecule has 0 aromatic heterocycles. The monoisotopic (exact) mass is 372 g/mol. The van der Waals surface area contributed by atoms with Gasteiger partial charge in [-0.2, -0.15) is 0 Å². The third-order valence-corrected chi connectivity index (χ3v) is 4.29. The average Bonchev–Trinajstić information content (AvgIpc) is 2.48. The molecule has 22 heavy (non-hydrogen) atoms. The quantitative estimate of drug-likeness (QED) is 0.564. The van der Waals surface area contributed by atoms with Crippen LogP contribution in [0, 0.1) is 15.5 Å². The van der Waals surface area contributed by atoms with Crippen molar-refractivity contribution in [3.63, 3.8) is 0 Å². The highest BCUT2D eigenvalue weighted by Crippen LogP contribution is 2.27. The second-order valence-electron chi connectivity index (χ2n) is 4.89. The minimum absolute atomic E-state index is 0.0820. The summed E-state index contributed by atoms with van der Waals surface area (Å²) < 4.78 is 0.484. The van der Waals surface area contributed by atoms with Gasteiger partial charge in [0, 0.05) is 17.1 Å². The van der Waals surface area contributed by atoms with Gasteiger partial charge >= 0.3 is 5.97 Å². The number of benzene rings is 1. The molecule has 0 saturated carbocycles. The van der Waals surface area contributed by atoms with E-state index in [0.717, 1.165) is 0 Å². The summed E-state index contributed by atoms with van der Waals surface area (Å²) in [6.07, 6.45) is 0.698. The summed E-state index contributed by atoms with van der Waals surface area (Å²) in [5.74, 6) is -1.66. The van der Waals surface area contributed by atoms with Crippen LogP contribution >= 0.6 is 15.9 Å². The second kappa shape index (κ2) is 7.35. The van der Waals surface area contributed by atoms with E-state index in [4.69, 9.17) is 0 Å². The van der Waals surface area contributed by atoms with Crippen LogP contribution in [0.3, 0.4) is 0 Å². The normalized spacial score (nSPS) is 11.0. The molecule has 0 aliphatic heterocycles. The number of hydrogen-bond donors (Lipinski definition) is 2. The molecule has 0 aliphatic carbocycles. The van der Waals surface area contributed by atoms with E-state index in [0.29, 0.717) is 17.3 Å². The van der Waals surface area contributed by atoms with Crippen molar-refractivity contribution < 1.29 is 19.6 Å². The van der Waals surface area contributed by atoms with E-state index in [1.807, 2.05) is 0 Å². The van der Waals surface area contributed by atoms with Crippen molar-refractivity contribution in [1.29, 1.82) is 0 Å². The second-order valence-corrected chi connectivity index (χ2v) is 5.81. The number of rotatable bonds is 7. The van der Waals surface area contributed by atoms with Crippen LogP contribution in [0.15, 0.2) is 22.7 Å². The van der Waals surface area contributed by atoms with Crippen molar-refractivity contribution in [1.82, 2.24) is 5.32 Å². The maximum absolute atomic E-state index is 12.2. The van der Waals surface area contributed by atoms with Gasteiger partial charge in [0.15, 0.2) is 0 Å². The molecule has 0 aliphatic rings. The molecule has 7 nitrogen and oxygen atoms in total. The van der Waals surface area contributed by atoms with Crippen LogP contribution in [0.2, 0.25) is 0 Å². The highest BCUT2D eigenvalue weighted by atomic mass is 79.9. The predicted octanol–water partition coefficient (Wildman–Crippen LogP) is 2.98. The fourth-order valence-electron chi connectivity index (χ4n) is 2.07. The molecule has 0 heterocycles. The number of carbonyl (C=O) groups is 2.